The van der Waals surface area contributed by atoms with Gasteiger partial charge in [-0.2, -0.15) is 0 Å². The van der Waals surface area contributed by atoms with E-state index in [4.69, 9.17) is 5.73 Å². The van der Waals surface area contributed by atoms with Gasteiger partial charge in [0.05, 0.1) is 6.26 Å². The first kappa shape index (κ1) is 14.8. The smallest absolute Gasteiger partial charge is 0.209 e. The van der Waals surface area contributed by atoms with Crippen LogP contribution in [0.5, 0.6) is 0 Å². The summed E-state index contributed by atoms with van der Waals surface area (Å²) in [7, 11) is -3.16. The second-order valence-corrected chi connectivity index (χ2v) is 6.20. The molecule has 1 atom stereocenters. The van der Waals surface area contributed by atoms with Crippen molar-refractivity contribution in [1.29, 1.82) is 0 Å². The van der Waals surface area contributed by atoms with Crippen LogP contribution in [0.25, 0.3) is 0 Å². The van der Waals surface area contributed by atoms with Crippen LogP contribution in [0.1, 0.15) is 13.8 Å². The van der Waals surface area contributed by atoms with Crippen LogP contribution in [0.2, 0.25) is 0 Å². The van der Waals surface area contributed by atoms with Gasteiger partial charge in [-0.3, -0.25) is 0 Å². The Labute approximate surface area is 109 Å². The van der Waals surface area contributed by atoms with Crippen LogP contribution >= 0.6 is 0 Å². The summed E-state index contributed by atoms with van der Waals surface area (Å²) >= 11 is 0. The van der Waals surface area contributed by atoms with E-state index < -0.39 is 10.0 Å². The van der Waals surface area contributed by atoms with E-state index in [1.54, 1.807) is 0 Å². The molecule has 0 amide bonds. The Bertz CT molecular complexity index is 471. The van der Waals surface area contributed by atoms with Crippen LogP contribution in [0.3, 0.4) is 0 Å². The Balaban J connectivity index is 2.70. The number of benzene rings is 1. The SMILES string of the molecule is CCN(CC(C)NS(C)(=O)=O)c1ccc(N)cc1. The third-order valence-electron chi connectivity index (χ3n) is 2.55. The summed E-state index contributed by atoms with van der Waals surface area (Å²) in [4.78, 5) is 2.10. The normalized spacial score (nSPS) is 13.3. The van der Waals surface area contributed by atoms with Crippen molar-refractivity contribution >= 4 is 21.4 Å². The van der Waals surface area contributed by atoms with Crippen LogP contribution in [-0.2, 0) is 10.0 Å². The molecule has 0 fully saturated rings. The topological polar surface area (TPSA) is 75.4 Å². The van der Waals surface area contributed by atoms with Gasteiger partial charge in [0.25, 0.3) is 0 Å². The molecule has 1 rings (SSSR count). The summed E-state index contributed by atoms with van der Waals surface area (Å²) in [6.45, 7) is 5.30. The average Bonchev–Trinajstić information content (AvgIpc) is 2.25. The largest absolute Gasteiger partial charge is 0.399 e. The average molecular weight is 271 g/mol. The number of nitrogens with zero attached hydrogens (tertiary/aromatic N) is 1. The molecule has 0 aromatic heterocycles. The van der Waals surface area contributed by atoms with Crippen molar-refractivity contribution in [3.8, 4) is 0 Å². The predicted octanol–water partition coefficient (Wildman–Crippen LogP) is 1.03. The Morgan fingerprint density at radius 2 is 1.89 bits per heavy atom. The van der Waals surface area contributed by atoms with E-state index in [9.17, 15) is 8.42 Å². The van der Waals surface area contributed by atoms with E-state index in [1.807, 2.05) is 38.1 Å². The van der Waals surface area contributed by atoms with Crippen LogP contribution in [0, 0.1) is 0 Å². The maximum Gasteiger partial charge on any atom is 0.209 e. The molecule has 18 heavy (non-hydrogen) atoms. The van der Waals surface area contributed by atoms with Crippen LogP contribution in [0.4, 0.5) is 11.4 Å². The van der Waals surface area contributed by atoms with Gasteiger partial charge in [-0.05, 0) is 38.1 Å². The quantitative estimate of drug-likeness (QED) is 0.758. The highest BCUT2D eigenvalue weighted by molar-refractivity contribution is 7.88. The summed E-state index contributed by atoms with van der Waals surface area (Å²) < 4.78 is 24.9. The van der Waals surface area contributed by atoms with E-state index in [2.05, 4.69) is 9.62 Å². The lowest BCUT2D eigenvalue weighted by atomic mass is 10.2. The maximum absolute atomic E-state index is 11.1. The summed E-state index contributed by atoms with van der Waals surface area (Å²) in [5.74, 6) is 0. The number of sulfonamides is 1. The Morgan fingerprint density at radius 3 is 2.33 bits per heavy atom. The third kappa shape index (κ3) is 4.93. The fourth-order valence-electron chi connectivity index (χ4n) is 1.84. The maximum atomic E-state index is 11.1. The zero-order valence-electron chi connectivity index (χ0n) is 11.1. The number of likely N-dealkylation sites (N-methyl/N-ethyl adjacent to an activating group) is 1. The molecule has 1 aromatic carbocycles. The molecule has 0 aliphatic rings. The minimum Gasteiger partial charge on any atom is -0.399 e. The van der Waals surface area contributed by atoms with Crippen LogP contribution in [-0.4, -0.2) is 33.8 Å². The fraction of sp³-hybridized carbons (Fsp3) is 0.500. The number of nitrogens with two attached hydrogens (primary N) is 1. The molecule has 0 bridgehead atoms. The lowest BCUT2D eigenvalue weighted by molar-refractivity contribution is 0.562. The Hall–Kier alpha value is -1.27. The first-order valence-corrected chi connectivity index (χ1v) is 7.78. The van der Waals surface area contributed by atoms with Crippen LogP contribution in [0.15, 0.2) is 24.3 Å². The second-order valence-electron chi connectivity index (χ2n) is 4.42. The van der Waals surface area contributed by atoms with Gasteiger partial charge in [-0.1, -0.05) is 0 Å². The molecule has 102 valence electrons. The van der Waals surface area contributed by atoms with Crippen molar-refractivity contribution in [1.82, 2.24) is 4.72 Å². The van der Waals surface area contributed by atoms with Crippen LogP contribution < -0.4 is 15.4 Å². The lowest BCUT2D eigenvalue weighted by Gasteiger charge is -2.26. The summed E-state index contributed by atoms with van der Waals surface area (Å²) in [5, 5.41) is 0. The first-order chi connectivity index (χ1) is 8.31. The molecule has 0 saturated heterocycles. The zero-order chi connectivity index (χ0) is 13.8. The molecule has 0 saturated carbocycles. The number of anilines is 2. The van der Waals surface area contributed by atoms with Crippen molar-refractivity contribution in [2.45, 2.75) is 19.9 Å². The van der Waals surface area contributed by atoms with E-state index in [0.29, 0.717) is 6.54 Å². The molecule has 6 heteroatoms. The monoisotopic (exact) mass is 271 g/mol. The van der Waals surface area contributed by atoms with Gasteiger partial charge in [-0.25, -0.2) is 13.1 Å². The highest BCUT2D eigenvalue weighted by Crippen LogP contribution is 2.16. The molecular formula is C12H21N3O2S. The predicted molar refractivity (Wildman–Crippen MR) is 76.2 cm³/mol. The lowest BCUT2D eigenvalue weighted by Crippen LogP contribution is -2.41. The summed E-state index contributed by atoms with van der Waals surface area (Å²) in [6.07, 6.45) is 1.17. The van der Waals surface area contributed by atoms with Gasteiger partial charge < -0.3 is 10.6 Å². The van der Waals surface area contributed by atoms with Crippen molar-refractivity contribution in [3.63, 3.8) is 0 Å². The molecule has 0 aliphatic carbocycles. The molecule has 0 aliphatic heterocycles. The number of hydrogen-bond donors (Lipinski definition) is 2. The summed E-state index contributed by atoms with van der Waals surface area (Å²) in [5.41, 5.74) is 7.40. The van der Waals surface area contributed by atoms with Gasteiger partial charge in [0, 0.05) is 30.5 Å². The molecule has 5 nitrogen and oxygen atoms in total. The summed E-state index contributed by atoms with van der Waals surface area (Å²) in [6, 6.07) is 7.41. The second kappa shape index (κ2) is 6.06. The first-order valence-electron chi connectivity index (χ1n) is 5.89. The minimum absolute atomic E-state index is 0.141. The Morgan fingerprint density at radius 1 is 1.33 bits per heavy atom. The number of nitrogen functional groups attached to an aromatic ring is 1. The number of hydrogen-bond acceptors (Lipinski definition) is 4. The molecule has 1 unspecified atom stereocenters. The molecule has 1 aromatic rings. The van der Waals surface area contributed by atoms with E-state index in [-0.39, 0.29) is 6.04 Å². The van der Waals surface area contributed by atoms with Crippen molar-refractivity contribution < 1.29 is 8.42 Å². The van der Waals surface area contributed by atoms with Gasteiger partial charge in [0.2, 0.25) is 10.0 Å². The minimum atomic E-state index is -3.16. The number of nitrogens with one attached hydrogen (secondary N) is 1. The molecular weight excluding hydrogens is 250 g/mol. The molecule has 0 radical (unpaired) electrons. The third-order valence-corrected chi connectivity index (χ3v) is 3.38. The fourth-order valence-corrected chi connectivity index (χ4v) is 2.64. The van der Waals surface area contributed by atoms with Crippen molar-refractivity contribution in [2.24, 2.45) is 0 Å². The van der Waals surface area contributed by atoms with E-state index in [1.165, 1.54) is 6.26 Å². The van der Waals surface area contributed by atoms with Crippen molar-refractivity contribution in [2.75, 3.05) is 30.0 Å². The van der Waals surface area contributed by atoms with Crippen molar-refractivity contribution in [3.05, 3.63) is 24.3 Å². The van der Waals surface area contributed by atoms with Gasteiger partial charge in [0.1, 0.15) is 0 Å². The standard InChI is InChI=1S/C12H21N3O2S/c1-4-15(9-10(2)14-18(3,16)17)12-7-5-11(13)6-8-12/h5-8,10,14H,4,9,13H2,1-3H3. The zero-order valence-corrected chi connectivity index (χ0v) is 11.9. The molecule has 0 spiro atoms. The highest BCUT2D eigenvalue weighted by Gasteiger charge is 2.13. The van der Waals surface area contributed by atoms with E-state index in [0.717, 1.165) is 17.9 Å². The highest BCUT2D eigenvalue weighted by atomic mass is 32.2. The van der Waals surface area contributed by atoms with Gasteiger partial charge in [-0.15, -0.1) is 0 Å². The molecule has 0 heterocycles. The Kier molecular flexibility index (Phi) is 4.98. The van der Waals surface area contributed by atoms with Gasteiger partial charge >= 0.3 is 0 Å². The van der Waals surface area contributed by atoms with E-state index >= 15 is 0 Å². The number of rotatable bonds is 6. The molecule has 3 N–H and O–H groups in total. The van der Waals surface area contributed by atoms with Gasteiger partial charge in [0.15, 0.2) is 0 Å².